The van der Waals surface area contributed by atoms with Crippen LogP contribution >= 0.6 is 11.3 Å². The average Bonchev–Trinajstić information content (AvgIpc) is 3.41. The molecule has 4 aromatic rings. The van der Waals surface area contributed by atoms with Gasteiger partial charge in [0.15, 0.2) is 5.82 Å². The Morgan fingerprint density at radius 2 is 1.88 bits per heavy atom. The van der Waals surface area contributed by atoms with Gasteiger partial charge in [-0.3, -0.25) is 4.79 Å². The predicted octanol–water partition coefficient (Wildman–Crippen LogP) is 4.34. The standard InChI is InChI=1S/C31H36N6O3S/c1-36(2)15-4-7-28(40)33-23-12-16-37(17-13-23)24-10-8-21(9-11-24)27-20-26-29(41-27)31(32-14-18-38)35-30(34-26)22-5-3-6-25(39)19-22/h3-11,19-20,23,38-39H,12-18H2,1-2H3,(H,33,40)(H,32,34,35)/b7-4+. The van der Waals surface area contributed by atoms with Crippen LogP contribution in [0.4, 0.5) is 11.5 Å². The van der Waals surface area contributed by atoms with E-state index in [4.69, 9.17) is 9.97 Å². The summed E-state index contributed by atoms with van der Waals surface area (Å²) in [5.41, 5.74) is 3.79. The van der Waals surface area contributed by atoms with Gasteiger partial charge in [-0.1, -0.05) is 30.3 Å². The fraction of sp³-hybridized carbons (Fsp3) is 0.323. The lowest BCUT2D eigenvalue weighted by molar-refractivity contribution is -0.117. The van der Waals surface area contributed by atoms with Crippen molar-refractivity contribution in [3.8, 4) is 27.6 Å². The SMILES string of the molecule is CN(C)C/C=C/C(=O)NC1CCN(c2ccc(-c3cc4nc(-c5cccc(O)c5)nc(NCCO)c4s3)cc2)CC1. The Balaban J connectivity index is 1.28. The number of phenols is 1. The number of benzene rings is 2. The zero-order chi connectivity index (χ0) is 28.8. The second-order valence-corrected chi connectivity index (χ2v) is 11.5. The summed E-state index contributed by atoms with van der Waals surface area (Å²) in [6.07, 6.45) is 5.34. The van der Waals surface area contributed by atoms with E-state index in [1.165, 1.54) is 5.69 Å². The molecule has 0 bridgehead atoms. The van der Waals surface area contributed by atoms with Gasteiger partial charge >= 0.3 is 0 Å². The highest BCUT2D eigenvalue weighted by atomic mass is 32.1. The van der Waals surface area contributed by atoms with Crippen molar-refractivity contribution in [3.05, 3.63) is 66.7 Å². The Kier molecular flexibility index (Phi) is 9.13. The number of thiophene rings is 1. The number of aromatic hydroxyl groups is 1. The second kappa shape index (κ2) is 13.1. The van der Waals surface area contributed by atoms with E-state index in [0.717, 1.165) is 58.7 Å². The number of aliphatic hydroxyl groups excluding tert-OH is 1. The summed E-state index contributed by atoms with van der Waals surface area (Å²) in [5.74, 6) is 1.31. The molecular weight excluding hydrogens is 536 g/mol. The molecule has 5 rings (SSSR count). The second-order valence-electron chi connectivity index (χ2n) is 10.4. The zero-order valence-electron chi connectivity index (χ0n) is 23.4. The van der Waals surface area contributed by atoms with Gasteiger partial charge < -0.3 is 30.6 Å². The Labute approximate surface area is 244 Å². The van der Waals surface area contributed by atoms with Crippen molar-refractivity contribution in [2.75, 3.05) is 57.1 Å². The molecule has 1 amide bonds. The minimum atomic E-state index is -0.0218. The summed E-state index contributed by atoms with van der Waals surface area (Å²) in [6.45, 7) is 2.90. The first-order valence-corrected chi connectivity index (χ1v) is 14.6. The third-order valence-corrected chi connectivity index (χ3v) is 8.16. The van der Waals surface area contributed by atoms with E-state index in [-0.39, 0.29) is 24.3 Å². The molecule has 0 atom stereocenters. The Bertz CT molecular complexity index is 1510. The smallest absolute Gasteiger partial charge is 0.243 e. The molecule has 9 nitrogen and oxygen atoms in total. The third-order valence-electron chi connectivity index (χ3n) is 6.98. The van der Waals surface area contributed by atoms with Crippen LogP contribution in [0.1, 0.15) is 12.8 Å². The number of rotatable bonds is 10. The van der Waals surface area contributed by atoms with Crippen LogP contribution in [-0.4, -0.2) is 83.9 Å². The molecule has 1 aliphatic rings. The topological polar surface area (TPSA) is 114 Å². The maximum absolute atomic E-state index is 12.2. The van der Waals surface area contributed by atoms with Crippen molar-refractivity contribution >= 4 is 39.0 Å². The first-order valence-electron chi connectivity index (χ1n) is 13.8. The Morgan fingerprint density at radius 1 is 1.10 bits per heavy atom. The lowest BCUT2D eigenvalue weighted by Gasteiger charge is -2.33. The lowest BCUT2D eigenvalue weighted by atomic mass is 10.0. The number of hydrogen-bond acceptors (Lipinski definition) is 9. The number of piperidine rings is 1. The lowest BCUT2D eigenvalue weighted by Crippen LogP contribution is -2.44. The number of aromatic nitrogens is 2. The zero-order valence-corrected chi connectivity index (χ0v) is 24.2. The number of likely N-dealkylation sites (N-methyl/N-ethyl adjacent to an activating group) is 1. The number of aliphatic hydroxyl groups is 1. The quantitative estimate of drug-likeness (QED) is 0.208. The van der Waals surface area contributed by atoms with E-state index in [1.54, 1.807) is 35.6 Å². The highest BCUT2D eigenvalue weighted by Crippen LogP contribution is 2.38. The van der Waals surface area contributed by atoms with E-state index in [1.807, 2.05) is 31.1 Å². The molecule has 0 saturated carbocycles. The van der Waals surface area contributed by atoms with Crippen LogP contribution in [0.5, 0.6) is 5.75 Å². The molecule has 0 aliphatic carbocycles. The van der Waals surface area contributed by atoms with Gasteiger partial charge in [0.1, 0.15) is 11.6 Å². The van der Waals surface area contributed by atoms with Gasteiger partial charge in [0.25, 0.3) is 0 Å². The molecule has 1 saturated heterocycles. The number of amides is 1. The molecule has 1 fully saturated rings. The van der Waals surface area contributed by atoms with E-state index in [2.05, 4.69) is 45.9 Å². The van der Waals surface area contributed by atoms with E-state index >= 15 is 0 Å². The molecule has 0 unspecified atom stereocenters. The van der Waals surface area contributed by atoms with Gasteiger partial charge in [0.05, 0.1) is 16.8 Å². The molecule has 10 heteroatoms. The highest BCUT2D eigenvalue weighted by Gasteiger charge is 2.21. The summed E-state index contributed by atoms with van der Waals surface area (Å²) < 4.78 is 0.919. The van der Waals surface area contributed by atoms with Crippen LogP contribution in [0.3, 0.4) is 0 Å². The molecular formula is C31H36N6O3S. The number of anilines is 2. The number of nitrogens with zero attached hydrogens (tertiary/aromatic N) is 4. The van der Waals surface area contributed by atoms with Crippen molar-refractivity contribution in [3.63, 3.8) is 0 Å². The van der Waals surface area contributed by atoms with Gasteiger partial charge in [0.2, 0.25) is 5.91 Å². The summed E-state index contributed by atoms with van der Waals surface area (Å²) in [5, 5.41) is 25.7. The van der Waals surface area contributed by atoms with Crippen LogP contribution < -0.4 is 15.5 Å². The highest BCUT2D eigenvalue weighted by molar-refractivity contribution is 7.22. The van der Waals surface area contributed by atoms with E-state index in [0.29, 0.717) is 18.2 Å². The first kappa shape index (κ1) is 28.5. The van der Waals surface area contributed by atoms with Crippen LogP contribution in [0, 0.1) is 0 Å². The summed E-state index contributed by atoms with van der Waals surface area (Å²) in [4.78, 5) is 27.1. The molecule has 4 N–H and O–H groups in total. The van der Waals surface area contributed by atoms with Gasteiger partial charge in [-0.15, -0.1) is 11.3 Å². The monoisotopic (exact) mass is 572 g/mol. The largest absolute Gasteiger partial charge is 0.508 e. The minimum absolute atomic E-state index is 0.00983. The molecule has 214 valence electrons. The van der Waals surface area contributed by atoms with Crippen molar-refractivity contribution in [1.82, 2.24) is 20.2 Å². The maximum Gasteiger partial charge on any atom is 0.243 e. The minimum Gasteiger partial charge on any atom is -0.508 e. The number of fused-ring (bicyclic) bond motifs is 1. The number of carbonyl (C=O) groups excluding carboxylic acids is 1. The van der Waals surface area contributed by atoms with Crippen LogP contribution in [0.25, 0.3) is 32.0 Å². The molecule has 41 heavy (non-hydrogen) atoms. The first-order chi connectivity index (χ1) is 19.9. The van der Waals surface area contributed by atoms with Crippen LogP contribution in [0.2, 0.25) is 0 Å². The number of nitrogens with one attached hydrogen (secondary N) is 2. The molecule has 2 aromatic carbocycles. The maximum atomic E-state index is 12.2. The van der Waals surface area contributed by atoms with E-state index in [9.17, 15) is 15.0 Å². The summed E-state index contributed by atoms with van der Waals surface area (Å²) >= 11 is 1.61. The molecule has 0 radical (unpaired) electrons. The van der Waals surface area contributed by atoms with E-state index < -0.39 is 0 Å². The van der Waals surface area contributed by atoms with Gasteiger partial charge in [-0.25, -0.2) is 9.97 Å². The summed E-state index contributed by atoms with van der Waals surface area (Å²) in [7, 11) is 3.95. The third kappa shape index (κ3) is 7.21. The fourth-order valence-corrected chi connectivity index (χ4v) is 5.95. The molecule has 3 heterocycles. The number of hydrogen-bond donors (Lipinski definition) is 4. The molecule has 0 spiro atoms. The van der Waals surface area contributed by atoms with Crippen LogP contribution in [0.15, 0.2) is 66.7 Å². The fourth-order valence-electron chi connectivity index (χ4n) is 4.88. The van der Waals surface area contributed by atoms with Crippen molar-refractivity contribution in [1.29, 1.82) is 0 Å². The Hall–Kier alpha value is -3.99. The van der Waals surface area contributed by atoms with Gasteiger partial charge in [-0.05, 0) is 62.8 Å². The molecule has 1 aliphatic heterocycles. The predicted molar refractivity (Wildman–Crippen MR) is 167 cm³/mol. The Morgan fingerprint density at radius 3 is 2.59 bits per heavy atom. The normalized spacial score (nSPS) is 14.3. The average molecular weight is 573 g/mol. The van der Waals surface area contributed by atoms with Crippen molar-refractivity contribution in [2.24, 2.45) is 0 Å². The number of carbonyl (C=O) groups is 1. The number of phenolic OH excluding ortho intramolecular Hbond substituents is 1. The summed E-state index contributed by atoms with van der Waals surface area (Å²) in [6, 6.07) is 17.7. The van der Waals surface area contributed by atoms with Crippen LogP contribution in [-0.2, 0) is 4.79 Å². The van der Waals surface area contributed by atoms with Crippen molar-refractivity contribution < 1.29 is 15.0 Å². The van der Waals surface area contributed by atoms with Crippen molar-refractivity contribution in [2.45, 2.75) is 18.9 Å². The van der Waals surface area contributed by atoms with Gasteiger partial charge in [0, 0.05) is 54.4 Å². The molecule has 2 aromatic heterocycles. The van der Waals surface area contributed by atoms with Gasteiger partial charge in [-0.2, -0.15) is 0 Å².